The zero-order valence-corrected chi connectivity index (χ0v) is 9.75. The van der Waals surface area contributed by atoms with Crippen LogP contribution in [0.2, 0.25) is 0 Å². The van der Waals surface area contributed by atoms with Crippen LogP contribution in [0.5, 0.6) is 0 Å². The summed E-state index contributed by atoms with van der Waals surface area (Å²) in [7, 11) is 0. The predicted molar refractivity (Wildman–Crippen MR) is 24.4 cm³/mol. The van der Waals surface area contributed by atoms with Crippen molar-refractivity contribution in [1.29, 1.82) is 0 Å². The van der Waals surface area contributed by atoms with E-state index in [1.54, 1.807) is 0 Å². The van der Waals surface area contributed by atoms with Crippen LogP contribution in [-0.2, 0) is 9.59 Å². The fourth-order valence-corrected chi connectivity index (χ4v) is 0. The van der Waals surface area contributed by atoms with Gasteiger partial charge < -0.3 is 14.5 Å². The van der Waals surface area contributed by atoms with Gasteiger partial charge in [-0.15, -0.1) is 0 Å². The summed E-state index contributed by atoms with van der Waals surface area (Å²) in [4.78, 5) is 18.2. The van der Waals surface area contributed by atoms with Gasteiger partial charge >= 0.3 is 101 Å². The molecule has 0 unspecified atom stereocenters. The van der Waals surface area contributed by atoms with Crippen LogP contribution in [0.4, 0.5) is 0 Å². The van der Waals surface area contributed by atoms with E-state index in [0.29, 0.717) is 0 Å². The van der Waals surface area contributed by atoms with E-state index in [0.717, 1.165) is 0 Å². The Labute approximate surface area is 123 Å². The fraction of sp³-hybridized carbons (Fsp3) is 0. The van der Waals surface area contributed by atoms with E-state index < -0.39 is 11.9 Å². The zero-order chi connectivity index (χ0) is 5.15. The van der Waals surface area contributed by atoms with E-state index in [4.69, 9.17) is 19.8 Å². The third-order valence-electron chi connectivity index (χ3n) is 0.183. The molecule has 0 aliphatic carbocycles. The molecule has 0 saturated carbocycles. The first-order valence-electron chi connectivity index (χ1n) is 1.11. The minimum atomic E-state index is -1.82. The predicted octanol–water partition coefficient (Wildman–Crippen LogP) is -3.88. The molecular weight excluding hydrogens is 167 g/mol. The smallest absolute Gasteiger partial charge is 1.00 e. The van der Waals surface area contributed by atoms with Crippen molar-refractivity contribution in [2.24, 2.45) is 0 Å². The van der Waals surface area contributed by atoms with Gasteiger partial charge in [-0.25, -0.2) is 9.59 Å². The summed E-state index contributed by atoms with van der Waals surface area (Å²) in [5.41, 5.74) is 0. The van der Waals surface area contributed by atoms with E-state index in [9.17, 15) is 0 Å². The number of carbonyl (C=O) groups is 2. The molecule has 0 rings (SSSR count). The van der Waals surface area contributed by atoms with Crippen molar-refractivity contribution in [2.75, 3.05) is 0 Å². The van der Waals surface area contributed by atoms with Crippen LogP contribution in [-0.4, -0.2) is 59.9 Å². The van der Waals surface area contributed by atoms with Gasteiger partial charge in [0, 0.05) is 0 Å². The molecule has 0 heterocycles. The topological polar surface area (TPSA) is 74.6 Å². The summed E-state index contributed by atoms with van der Waals surface area (Å²) < 4.78 is 0. The maximum atomic E-state index is 9.10. The van der Waals surface area contributed by atoms with Gasteiger partial charge in [0.15, 0.2) is 0 Å². The van der Waals surface area contributed by atoms with Crippen molar-refractivity contribution in [3.63, 3.8) is 0 Å². The van der Waals surface area contributed by atoms with Crippen molar-refractivity contribution in [1.82, 2.24) is 0 Å². The molecule has 0 amide bonds. The third-order valence-corrected chi connectivity index (χ3v) is 0.183. The summed E-state index contributed by atoms with van der Waals surface area (Å²) in [6.07, 6.45) is 0. The molecule has 0 bridgehead atoms. The van der Waals surface area contributed by atoms with Gasteiger partial charge in [0.25, 0.3) is 0 Å². The third kappa shape index (κ3) is 10.8. The molecule has 0 saturated heterocycles. The van der Waals surface area contributed by atoms with Crippen molar-refractivity contribution in [2.45, 2.75) is 0 Å². The molecule has 0 aromatic heterocycles. The fourth-order valence-electron chi connectivity index (χ4n) is 0. The van der Waals surface area contributed by atoms with Gasteiger partial charge in [-0.3, -0.25) is 0 Å². The normalized spacial score (nSPS) is 5.50. The monoisotopic (exact) mass is 172 g/mol. The zero-order valence-electron chi connectivity index (χ0n) is 7.42. The van der Waals surface area contributed by atoms with E-state index in [2.05, 4.69) is 0 Å². The van der Waals surface area contributed by atoms with Crippen molar-refractivity contribution in [3.8, 4) is 0 Å². The van der Waals surface area contributed by atoms with Gasteiger partial charge in [-0.1, -0.05) is 0 Å². The number of hydrogen-bond acceptors (Lipinski definition) is 2. The summed E-state index contributed by atoms with van der Waals surface area (Å²) in [5.74, 6) is -3.65. The van der Waals surface area contributed by atoms with E-state index in [1.807, 2.05) is 0 Å². The Bertz CT molecular complexity index is 89.3. The largest absolute Gasteiger partial charge is 2.00 e. The molecule has 0 aromatic rings. The number of aliphatic carboxylic acids is 2. The molecule has 4 nitrogen and oxygen atoms in total. The minimum absolute atomic E-state index is 0. The Kier molecular flexibility index (Phi) is 18.2. The Morgan fingerprint density at radius 1 is 1.12 bits per heavy atom. The number of hydrogen-bond donors (Lipinski definition) is 2. The SMILES string of the molecule is O=C(O)C(=O)O.[Ca+2].[H-].[H-].[H-].[K+]. The first-order chi connectivity index (χ1) is 2.64. The molecule has 0 radical (unpaired) electrons. The van der Waals surface area contributed by atoms with E-state index >= 15 is 0 Å². The molecular formula is C2H5CaKO4. The summed E-state index contributed by atoms with van der Waals surface area (Å²) in [6.45, 7) is 0. The van der Waals surface area contributed by atoms with Crippen LogP contribution < -0.4 is 51.4 Å². The second kappa shape index (κ2) is 8.84. The Balaban J connectivity index is -0.0000000125. The summed E-state index contributed by atoms with van der Waals surface area (Å²) in [6, 6.07) is 0. The molecule has 2 N–H and O–H groups in total. The van der Waals surface area contributed by atoms with Crippen LogP contribution in [0.1, 0.15) is 4.28 Å². The second-order valence-corrected chi connectivity index (χ2v) is 0.610. The molecule has 0 aromatic carbocycles. The van der Waals surface area contributed by atoms with Gasteiger partial charge in [-0.05, 0) is 0 Å². The molecule has 8 heavy (non-hydrogen) atoms. The maximum Gasteiger partial charge on any atom is 2.00 e. The molecule has 0 spiro atoms. The van der Waals surface area contributed by atoms with Crippen LogP contribution in [0.15, 0.2) is 0 Å². The summed E-state index contributed by atoms with van der Waals surface area (Å²) >= 11 is 0. The maximum absolute atomic E-state index is 9.10. The number of carboxylic acid groups (broad SMARTS) is 2. The average molecular weight is 172 g/mol. The van der Waals surface area contributed by atoms with Gasteiger partial charge in [0.2, 0.25) is 0 Å². The van der Waals surface area contributed by atoms with E-state index in [-0.39, 0.29) is 93.4 Å². The van der Waals surface area contributed by atoms with Crippen LogP contribution in [0.25, 0.3) is 0 Å². The molecule has 0 aliphatic rings. The quantitative estimate of drug-likeness (QED) is 0.289. The van der Waals surface area contributed by atoms with E-state index in [1.165, 1.54) is 0 Å². The van der Waals surface area contributed by atoms with Crippen molar-refractivity contribution in [3.05, 3.63) is 0 Å². The van der Waals surface area contributed by atoms with Crippen LogP contribution >= 0.6 is 0 Å². The second-order valence-electron chi connectivity index (χ2n) is 0.610. The number of rotatable bonds is 0. The first-order valence-corrected chi connectivity index (χ1v) is 1.11. The molecule has 40 valence electrons. The summed E-state index contributed by atoms with van der Waals surface area (Å²) in [5, 5.41) is 14.8. The minimum Gasteiger partial charge on any atom is -1.00 e. The van der Waals surface area contributed by atoms with Crippen LogP contribution in [0, 0.1) is 0 Å². The van der Waals surface area contributed by atoms with Crippen molar-refractivity contribution < 1.29 is 75.5 Å². The molecule has 0 fully saturated rings. The Hall–Kier alpha value is 1.84. The first kappa shape index (κ1) is 16.4. The Morgan fingerprint density at radius 2 is 1.25 bits per heavy atom. The molecule has 6 heteroatoms. The van der Waals surface area contributed by atoms with Gasteiger partial charge in [-0.2, -0.15) is 0 Å². The standard InChI is InChI=1S/C2H2O4.Ca.K.3H/c3-1(4)2(5)6;;;;;/h(H,3,4)(H,5,6);;;;;/q;+2;+1;3*-1. The number of carboxylic acids is 2. The average Bonchev–Trinajstić information content (AvgIpc) is 1.36. The van der Waals surface area contributed by atoms with Gasteiger partial charge in [0.05, 0.1) is 0 Å². The van der Waals surface area contributed by atoms with Crippen molar-refractivity contribution >= 4 is 49.7 Å². The molecule has 0 aliphatic heterocycles. The Morgan fingerprint density at radius 3 is 1.25 bits per heavy atom. The van der Waals surface area contributed by atoms with Gasteiger partial charge in [0.1, 0.15) is 0 Å². The molecule has 0 atom stereocenters. The van der Waals surface area contributed by atoms with Crippen LogP contribution in [0.3, 0.4) is 0 Å².